The third-order valence-corrected chi connectivity index (χ3v) is 18.1. The number of unbranched alkanes of at least 4 members (excludes halogenated alkanes) is 21. The molecule has 0 rings (SSSR count). The fourth-order valence-corrected chi connectivity index (χ4v) is 11.7. The zero-order chi connectivity index (χ0) is 77.4. The van der Waals surface area contributed by atoms with Gasteiger partial charge in [-0.05, 0) is 161 Å². The van der Waals surface area contributed by atoms with Gasteiger partial charge >= 0.3 is 39.5 Å². The van der Waals surface area contributed by atoms with E-state index < -0.39 is 97.5 Å². The summed E-state index contributed by atoms with van der Waals surface area (Å²) in [5.41, 5.74) is 0. The lowest BCUT2D eigenvalue weighted by atomic mass is 10.1. The monoisotopic (exact) mass is 1520 g/mol. The van der Waals surface area contributed by atoms with Crippen LogP contribution in [0.15, 0.2) is 170 Å². The molecule has 0 saturated carbocycles. The van der Waals surface area contributed by atoms with Crippen LogP contribution in [0.4, 0.5) is 0 Å². The largest absolute Gasteiger partial charge is 0.472 e. The number of aliphatic hydroxyl groups excluding tert-OH is 1. The van der Waals surface area contributed by atoms with Crippen molar-refractivity contribution >= 4 is 39.5 Å². The van der Waals surface area contributed by atoms with Crippen molar-refractivity contribution < 1.29 is 80.2 Å². The van der Waals surface area contributed by atoms with Gasteiger partial charge in [0, 0.05) is 19.3 Å². The lowest BCUT2D eigenvalue weighted by molar-refractivity contribution is -0.161. The first-order chi connectivity index (χ1) is 51.7. The molecule has 0 spiro atoms. The van der Waals surface area contributed by atoms with E-state index in [9.17, 15) is 43.2 Å². The Bertz CT molecular complexity index is 2680. The summed E-state index contributed by atoms with van der Waals surface area (Å²) in [6, 6.07) is 0. The van der Waals surface area contributed by atoms with Crippen molar-refractivity contribution in [3.8, 4) is 0 Å². The molecule has 0 aliphatic carbocycles. The summed E-state index contributed by atoms with van der Waals surface area (Å²) in [5.74, 6) is -2.39. The Kier molecular flexibility index (Phi) is 73.5. The van der Waals surface area contributed by atoms with Crippen LogP contribution in [0.2, 0.25) is 0 Å². The summed E-state index contributed by atoms with van der Waals surface area (Å²) in [7, 11) is -10.0. The molecule has 0 fully saturated rings. The van der Waals surface area contributed by atoms with Gasteiger partial charge in [-0.2, -0.15) is 0 Å². The molecule has 106 heavy (non-hydrogen) atoms. The fourth-order valence-electron chi connectivity index (χ4n) is 10.1. The normalized spacial score (nSPS) is 14.7. The Hall–Kier alpha value is -5.58. The Balaban J connectivity index is 5.49. The zero-order valence-corrected chi connectivity index (χ0v) is 67.6. The first kappa shape index (κ1) is 100. The maximum Gasteiger partial charge on any atom is 0.472 e. The standard InChI is InChI=1S/C87H142O17P2/c1-5-9-13-17-21-25-29-33-37-39-40-42-45-48-52-56-60-64-68-72-85(90)98-78-83(104-87(92)74-70-66-62-58-54-50-46-41-38-34-30-26-22-18-14-10-6-2)80-102-106(95,96)100-76-81(88)75-99-105(93,94)101-79-82(103-86(91)73-69-65-61-57-53-49-44-36-32-28-24-20-16-12-8-4)77-97-84(89)71-67-63-59-55-51-47-43-35-31-27-23-19-15-11-7-3/h10-11,14-15,21-28,33-38,40,42-44,46,50-51,55,63,67,81-83,88H,5-9,12-13,16-20,29-32,39,41,45,47-49,52-54,56-62,64-66,68-80H2,1-4H3,(H,93,94)(H,95,96)/b14-10-,15-11-,25-21-,26-22-,27-23-,28-24-,37-33-,38-34-,42-40-,43-35-,44-36-,50-46-,55-51-,67-63-. The van der Waals surface area contributed by atoms with Crippen molar-refractivity contribution in [2.75, 3.05) is 39.6 Å². The third-order valence-electron chi connectivity index (χ3n) is 16.2. The van der Waals surface area contributed by atoms with Crippen LogP contribution >= 0.6 is 15.6 Å². The minimum absolute atomic E-state index is 0.0533. The first-order valence-electron chi connectivity index (χ1n) is 40.4. The number of aliphatic hydroxyl groups is 1. The Morgan fingerprint density at radius 3 is 0.840 bits per heavy atom. The van der Waals surface area contributed by atoms with E-state index in [4.69, 9.17) is 37.0 Å². The predicted molar refractivity (Wildman–Crippen MR) is 436 cm³/mol. The topological polar surface area (TPSA) is 237 Å². The smallest absolute Gasteiger partial charge is 0.462 e. The van der Waals surface area contributed by atoms with Crippen LogP contribution in [0.25, 0.3) is 0 Å². The van der Waals surface area contributed by atoms with Crippen LogP contribution < -0.4 is 0 Å². The molecule has 602 valence electrons. The van der Waals surface area contributed by atoms with Gasteiger partial charge < -0.3 is 33.8 Å². The van der Waals surface area contributed by atoms with Crippen LogP contribution in [0.3, 0.4) is 0 Å². The second-order valence-electron chi connectivity index (χ2n) is 26.3. The minimum atomic E-state index is -5.01. The SMILES string of the molecule is CC/C=C\C/C=C\C/C=C\C/C=C\C/C=C\CC(=O)OCC(COP(=O)(O)OCC(O)COP(=O)(O)OCC(COC(=O)CCCCCCCC/C=C\C/C=C\C/C=C\CCCCC)OC(=O)CCCCCC/C=C\C/C=C\C/C=C\C/C=C\CC)OC(=O)CCCCCCC/C=C\C/C=C\CCCCC. The number of hydrogen-bond acceptors (Lipinski definition) is 15. The van der Waals surface area contributed by atoms with Crippen molar-refractivity contribution in [3.63, 3.8) is 0 Å². The second-order valence-corrected chi connectivity index (χ2v) is 29.2. The fraction of sp³-hybridized carbons (Fsp3) is 0.632. The number of phosphoric ester groups is 2. The van der Waals surface area contributed by atoms with Crippen LogP contribution in [-0.2, 0) is 65.4 Å². The van der Waals surface area contributed by atoms with E-state index in [1.807, 2.05) is 18.2 Å². The maximum absolute atomic E-state index is 13.1. The van der Waals surface area contributed by atoms with Crippen molar-refractivity contribution in [1.29, 1.82) is 0 Å². The van der Waals surface area contributed by atoms with Crippen LogP contribution in [0.1, 0.15) is 297 Å². The summed E-state index contributed by atoms with van der Waals surface area (Å²) >= 11 is 0. The van der Waals surface area contributed by atoms with Gasteiger partial charge in [0.25, 0.3) is 0 Å². The number of carbonyl (C=O) groups excluding carboxylic acids is 4. The highest BCUT2D eigenvalue weighted by atomic mass is 31.2. The maximum atomic E-state index is 13.1. The van der Waals surface area contributed by atoms with Gasteiger partial charge in [0.1, 0.15) is 19.3 Å². The average Bonchev–Trinajstić information content (AvgIpc) is 0.899. The number of hydrogen-bond donors (Lipinski definition) is 3. The molecule has 0 heterocycles. The summed E-state index contributed by atoms with van der Waals surface area (Å²) in [6.45, 7) is 4.41. The van der Waals surface area contributed by atoms with Gasteiger partial charge in [-0.3, -0.25) is 37.3 Å². The highest BCUT2D eigenvalue weighted by Gasteiger charge is 2.30. The molecule has 19 heteroatoms. The molecular formula is C87H142O17P2. The lowest BCUT2D eigenvalue weighted by Gasteiger charge is -2.21. The molecule has 5 unspecified atom stereocenters. The summed E-state index contributed by atoms with van der Waals surface area (Å²) in [4.78, 5) is 73.0. The van der Waals surface area contributed by atoms with Gasteiger partial charge in [0.05, 0.1) is 32.8 Å². The molecule has 0 radical (unpaired) electrons. The molecule has 0 aromatic rings. The van der Waals surface area contributed by atoms with Crippen LogP contribution in [-0.4, -0.2) is 96.7 Å². The molecule has 0 bridgehead atoms. The van der Waals surface area contributed by atoms with Gasteiger partial charge in [0.2, 0.25) is 0 Å². The number of ether oxygens (including phenoxy) is 4. The number of allylic oxidation sites excluding steroid dienone is 27. The number of rotatable bonds is 74. The van der Waals surface area contributed by atoms with E-state index in [2.05, 4.69) is 174 Å². The molecule has 0 saturated heterocycles. The van der Waals surface area contributed by atoms with Crippen LogP contribution in [0, 0.1) is 0 Å². The Morgan fingerprint density at radius 2 is 0.528 bits per heavy atom. The van der Waals surface area contributed by atoms with E-state index in [0.29, 0.717) is 25.7 Å². The summed E-state index contributed by atoms with van der Waals surface area (Å²) in [5, 5.41) is 10.6. The van der Waals surface area contributed by atoms with Gasteiger partial charge in [-0.25, -0.2) is 9.13 Å². The molecule has 0 aromatic heterocycles. The molecule has 0 aromatic carbocycles. The first-order valence-corrected chi connectivity index (χ1v) is 43.4. The Labute approximate surface area is 642 Å². The van der Waals surface area contributed by atoms with Crippen molar-refractivity contribution in [3.05, 3.63) is 170 Å². The van der Waals surface area contributed by atoms with E-state index in [-0.39, 0.29) is 25.7 Å². The predicted octanol–water partition coefficient (Wildman–Crippen LogP) is 23.8. The quantitative estimate of drug-likeness (QED) is 0.0169. The van der Waals surface area contributed by atoms with E-state index in [1.165, 1.54) is 38.5 Å². The van der Waals surface area contributed by atoms with E-state index >= 15 is 0 Å². The molecular weight excluding hydrogens is 1380 g/mol. The minimum Gasteiger partial charge on any atom is -0.462 e. The highest BCUT2D eigenvalue weighted by Crippen LogP contribution is 2.45. The lowest BCUT2D eigenvalue weighted by Crippen LogP contribution is -2.30. The molecule has 0 aliphatic rings. The Morgan fingerprint density at radius 1 is 0.283 bits per heavy atom. The van der Waals surface area contributed by atoms with E-state index in [1.54, 1.807) is 6.08 Å². The molecule has 0 aliphatic heterocycles. The number of carbonyl (C=O) groups is 4. The molecule has 3 N–H and O–H groups in total. The number of esters is 4. The molecule has 17 nitrogen and oxygen atoms in total. The second kappa shape index (κ2) is 77.6. The number of phosphoric acid groups is 2. The van der Waals surface area contributed by atoms with Crippen molar-refractivity contribution in [2.24, 2.45) is 0 Å². The average molecular weight is 1520 g/mol. The summed E-state index contributed by atoms with van der Waals surface area (Å²) in [6.07, 6.45) is 92.1. The van der Waals surface area contributed by atoms with Crippen molar-refractivity contribution in [1.82, 2.24) is 0 Å². The van der Waals surface area contributed by atoms with Crippen molar-refractivity contribution in [2.45, 2.75) is 316 Å². The van der Waals surface area contributed by atoms with E-state index in [0.717, 1.165) is 180 Å². The van der Waals surface area contributed by atoms with Gasteiger partial charge in [-0.15, -0.1) is 0 Å². The van der Waals surface area contributed by atoms with Crippen LogP contribution in [0.5, 0.6) is 0 Å². The summed E-state index contributed by atoms with van der Waals surface area (Å²) < 4.78 is 68.5. The molecule has 0 amide bonds. The molecule has 5 atom stereocenters. The van der Waals surface area contributed by atoms with Gasteiger partial charge in [0.15, 0.2) is 12.2 Å². The van der Waals surface area contributed by atoms with Gasteiger partial charge in [-0.1, -0.05) is 281 Å². The third kappa shape index (κ3) is 76.6. The highest BCUT2D eigenvalue weighted by molar-refractivity contribution is 7.47. The zero-order valence-electron chi connectivity index (χ0n) is 65.8.